The van der Waals surface area contributed by atoms with Crippen LogP contribution in [0, 0.1) is 5.92 Å². The van der Waals surface area contributed by atoms with E-state index in [1.165, 1.54) is 0 Å². The second-order valence-corrected chi connectivity index (χ2v) is 5.82. The molecule has 2 N–H and O–H groups in total. The van der Waals surface area contributed by atoms with Crippen LogP contribution in [0.25, 0.3) is 0 Å². The molecule has 1 aromatic carbocycles. The summed E-state index contributed by atoms with van der Waals surface area (Å²) < 4.78 is 0.826. The number of carbonyl (C=O) groups excluding carboxylic acids is 1. The monoisotopic (exact) mass is 340 g/mol. The molecule has 0 saturated carbocycles. The maximum absolute atomic E-state index is 12.2. The third kappa shape index (κ3) is 3.96. The Labute approximate surface area is 126 Å². The van der Waals surface area contributed by atoms with Crippen molar-refractivity contribution in [2.24, 2.45) is 5.92 Å². The number of likely N-dealkylation sites (tertiary alicyclic amines) is 1. The first kappa shape index (κ1) is 14.8. The minimum Gasteiger partial charge on any atom is -0.481 e. The van der Waals surface area contributed by atoms with Crippen molar-refractivity contribution in [2.45, 2.75) is 19.3 Å². The molecule has 20 heavy (non-hydrogen) atoms. The Morgan fingerprint density at radius 1 is 1.40 bits per heavy atom. The van der Waals surface area contributed by atoms with E-state index in [9.17, 15) is 9.59 Å². The van der Waals surface area contributed by atoms with E-state index in [-0.39, 0.29) is 18.4 Å². The molecule has 0 bridgehead atoms. The van der Waals surface area contributed by atoms with Crippen LogP contribution in [0.3, 0.4) is 0 Å². The van der Waals surface area contributed by atoms with Gasteiger partial charge in [0.25, 0.3) is 0 Å². The highest BCUT2D eigenvalue weighted by atomic mass is 79.9. The number of hydrogen-bond donors (Lipinski definition) is 2. The Bertz CT molecular complexity index is 507. The Morgan fingerprint density at radius 3 is 2.85 bits per heavy atom. The van der Waals surface area contributed by atoms with Gasteiger partial charge in [-0.3, -0.25) is 4.79 Å². The molecule has 108 valence electrons. The van der Waals surface area contributed by atoms with E-state index in [0.717, 1.165) is 23.0 Å². The summed E-state index contributed by atoms with van der Waals surface area (Å²) in [6, 6.07) is 7.24. The number of carbonyl (C=O) groups is 2. The molecule has 0 aliphatic carbocycles. The van der Waals surface area contributed by atoms with E-state index in [1.807, 2.05) is 24.3 Å². The maximum Gasteiger partial charge on any atom is 0.321 e. The summed E-state index contributed by atoms with van der Waals surface area (Å²) in [6.45, 7) is 1.18. The fourth-order valence-corrected chi connectivity index (χ4v) is 2.80. The van der Waals surface area contributed by atoms with Gasteiger partial charge in [-0.05, 0) is 46.8 Å². The zero-order valence-electron chi connectivity index (χ0n) is 11.0. The summed E-state index contributed by atoms with van der Waals surface area (Å²) in [4.78, 5) is 24.6. The van der Waals surface area contributed by atoms with E-state index < -0.39 is 5.97 Å². The number of carboxylic acids is 1. The third-order valence-electron chi connectivity index (χ3n) is 3.38. The minimum absolute atomic E-state index is 0.0474. The molecule has 1 aliphatic rings. The van der Waals surface area contributed by atoms with Gasteiger partial charge in [-0.2, -0.15) is 0 Å². The lowest BCUT2D eigenvalue weighted by Gasteiger charge is -2.32. The number of halogens is 1. The SMILES string of the molecule is O=C(O)CC1CCCN(C(=O)Nc2ccccc2Br)C1. The quantitative estimate of drug-likeness (QED) is 0.887. The number of urea groups is 1. The predicted octanol–water partition coefficient (Wildman–Crippen LogP) is 3.17. The van der Waals surface area contributed by atoms with Crippen LogP contribution in [0.4, 0.5) is 10.5 Å². The van der Waals surface area contributed by atoms with Gasteiger partial charge in [0, 0.05) is 24.0 Å². The van der Waals surface area contributed by atoms with Crippen molar-refractivity contribution in [3.63, 3.8) is 0 Å². The molecular formula is C14H17BrN2O3. The summed E-state index contributed by atoms with van der Waals surface area (Å²) >= 11 is 3.38. The number of para-hydroxylation sites is 1. The standard InChI is InChI=1S/C14H17BrN2O3/c15-11-5-1-2-6-12(11)16-14(20)17-7-3-4-10(9-17)8-13(18)19/h1-2,5-6,10H,3-4,7-9H2,(H,16,20)(H,18,19). The number of nitrogens with one attached hydrogen (secondary N) is 1. The number of carboxylic acid groups (broad SMARTS) is 1. The summed E-state index contributed by atoms with van der Waals surface area (Å²) in [5, 5.41) is 11.7. The normalized spacial score (nSPS) is 18.6. The molecule has 1 heterocycles. The van der Waals surface area contributed by atoms with E-state index in [0.29, 0.717) is 13.1 Å². The molecule has 0 spiro atoms. The molecule has 6 heteroatoms. The largest absolute Gasteiger partial charge is 0.481 e. The van der Waals surface area contributed by atoms with Gasteiger partial charge >= 0.3 is 12.0 Å². The van der Waals surface area contributed by atoms with Crippen LogP contribution < -0.4 is 5.32 Å². The summed E-state index contributed by atoms with van der Waals surface area (Å²) in [7, 11) is 0. The van der Waals surface area contributed by atoms with Crippen molar-refractivity contribution < 1.29 is 14.7 Å². The summed E-state index contributed by atoms with van der Waals surface area (Å²) in [5.74, 6) is -0.755. The van der Waals surface area contributed by atoms with E-state index in [2.05, 4.69) is 21.2 Å². The number of rotatable bonds is 3. The van der Waals surface area contributed by atoms with Crippen LogP contribution in [0.15, 0.2) is 28.7 Å². The first-order valence-electron chi connectivity index (χ1n) is 6.58. The molecule has 0 radical (unpaired) electrons. The van der Waals surface area contributed by atoms with E-state index in [1.54, 1.807) is 4.90 Å². The average Bonchev–Trinajstić information content (AvgIpc) is 2.41. The summed E-state index contributed by atoms with van der Waals surface area (Å²) in [6.07, 6.45) is 1.84. The fourth-order valence-electron chi connectivity index (χ4n) is 2.42. The Hall–Kier alpha value is -1.56. The van der Waals surface area contributed by atoms with Crippen molar-refractivity contribution in [3.05, 3.63) is 28.7 Å². The second kappa shape index (κ2) is 6.74. The predicted molar refractivity (Wildman–Crippen MR) is 79.7 cm³/mol. The molecule has 2 amide bonds. The Kier molecular flexibility index (Phi) is 5.00. The lowest BCUT2D eigenvalue weighted by molar-refractivity contribution is -0.138. The highest BCUT2D eigenvalue weighted by Gasteiger charge is 2.25. The first-order valence-corrected chi connectivity index (χ1v) is 7.38. The van der Waals surface area contributed by atoms with E-state index >= 15 is 0 Å². The zero-order chi connectivity index (χ0) is 14.5. The van der Waals surface area contributed by atoms with Crippen LogP contribution >= 0.6 is 15.9 Å². The van der Waals surface area contributed by atoms with Gasteiger partial charge in [0.15, 0.2) is 0 Å². The second-order valence-electron chi connectivity index (χ2n) is 4.96. The maximum atomic E-state index is 12.2. The molecular weight excluding hydrogens is 324 g/mol. The van der Waals surface area contributed by atoms with Crippen LogP contribution in [0.1, 0.15) is 19.3 Å². The van der Waals surface area contributed by atoms with Crippen molar-refractivity contribution in [3.8, 4) is 0 Å². The van der Waals surface area contributed by atoms with Gasteiger partial charge in [-0.15, -0.1) is 0 Å². The third-order valence-corrected chi connectivity index (χ3v) is 4.08. The minimum atomic E-state index is -0.803. The Morgan fingerprint density at radius 2 is 2.15 bits per heavy atom. The first-order chi connectivity index (χ1) is 9.56. The lowest BCUT2D eigenvalue weighted by atomic mass is 9.95. The lowest BCUT2D eigenvalue weighted by Crippen LogP contribution is -2.42. The molecule has 1 saturated heterocycles. The number of hydrogen-bond acceptors (Lipinski definition) is 2. The van der Waals surface area contributed by atoms with E-state index in [4.69, 9.17) is 5.11 Å². The highest BCUT2D eigenvalue weighted by Crippen LogP contribution is 2.24. The number of benzene rings is 1. The number of piperidine rings is 1. The van der Waals surface area contributed by atoms with Gasteiger partial charge in [0.1, 0.15) is 0 Å². The summed E-state index contributed by atoms with van der Waals surface area (Å²) in [5.41, 5.74) is 0.720. The fraction of sp³-hybridized carbons (Fsp3) is 0.429. The number of amides is 2. The number of nitrogens with zero attached hydrogens (tertiary/aromatic N) is 1. The molecule has 5 nitrogen and oxygen atoms in total. The van der Waals surface area contributed by atoms with Crippen molar-refractivity contribution in [1.29, 1.82) is 0 Å². The van der Waals surface area contributed by atoms with Crippen LogP contribution in [-0.4, -0.2) is 35.1 Å². The van der Waals surface area contributed by atoms with Crippen molar-refractivity contribution >= 4 is 33.6 Å². The topological polar surface area (TPSA) is 69.6 Å². The average molecular weight is 341 g/mol. The smallest absolute Gasteiger partial charge is 0.321 e. The molecule has 1 aliphatic heterocycles. The molecule has 1 aromatic rings. The van der Waals surface area contributed by atoms with Gasteiger partial charge < -0.3 is 15.3 Å². The van der Waals surface area contributed by atoms with Gasteiger partial charge in [0.05, 0.1) is 5.69 Å². The van der Waals surface area contributed by atoms with Crippen LogP contribution in [0.5, 0.6) is 0 Å². The van der Waals surface area contributed by atoms with Crippen LogP contribution in [-0.2, 0) is 4.79 Å². The molecule has 0 aromatic heterocycles. The molecule has 1 atom stereocenters. The van der Waals surface area contributed by atoms with Crippen molar-refractivity contribution in [2.75, 3.05) is 18.4 Å². The van der Waals surface area contributed by atoms with Gasteiger partial charge in [0.2, 0.25) is 0 Å². The number of aliphatic carboxylic acids is 1. The molecule has 2 rings (SSSR count). The Balaban J connectivity index is 1.95. The van der Waals surface area contributed by atoms with Gasteiger partial charge in [-0.25, -0.2) is 4.79 Å². The highest BCUT2D eigenvalue weighted by molar-refractivity contribution is 9.10. The zero-order valence-corrected chi connectivity index (χ0v) is 12.6. The number of anilines is 1. The van der Waals surface area contributed by atoms with Gasteiger partial charge in [-0.1, -0.05) is 12.1 Å². The molecule has 1 fully saturated rings. The van der Waals surface area contributed by atoms with Crippen molar-refractivity contribution in [1.82, 2.24) is 4.90 Å². The van der Waals surface area contributed by atoms with Crippen LogP contribution in [0.2, 0.25) is 0 Å². The molecule has 1 unspecified atom stereocenters.